The molecule has 202 valence electrons. The van der Waals surface area contributed by atoms with E-state index in [9.17, 15) is 22.8 Å². The van der Waals surface area contributed by atoms with E-state index in [0.717, 1.165) is 4.57 Å². The lowest BCUT2D eigenvalue weighted by Gasteiger charge is -2.26. The van der Waals surface area contributed by atoms with Crippen LogP contribution in [0.5, 0.6) is 11.5 Å². The van der Waals surface area contributed by atoms with E-state index >= 15 is 0 Å². The molecule has 13 heteroatoms. The van der Waals surface area contributed by atoms with E-state index in [1.54, 1.807) is 18.2 Å². The molecule has 0 unspecified atom stereocenters. The van der Waals surface area contributed by atoms with Crippen LogP contribution in [0.4, 0.5) is 13.2 Å². The molecule has 4 rings (SSSR count). The third-order valence-corrected chi connectivity index (χ3v) is 6.81. The minimum atomic E-state index is -5.02. The highest BCUT2D eigenvalue weighted by molar-refractivity contribution is 7.07. The second-order valence-corrected chi connectivity index (χ2v) is 9.39. The summed E-state index contributed by atoms with van der Waals surface area (Å²) in [6.45, 7) is 0.960. The number of alkyl halides is 3. The van der Waals surface area contributed by atoms with E-state index in [2.05, 4.69) is 4.99 Å². The molecule has 39 heavy (non-hydrogen) atoms. The fourth-order valence-electron chi connectivity index (χ4n) is 4.01. The number of nitrogens with zero attached hydrogens (tertiary/aromatic N) is 3. The molecule has 2 aromatic carbocycles. The van der Waals surface area contributed by atoms with Gasteiger partial charge in [-0.2, -0.15) is 18.4 Å². The maximum atomic E-state index is 14.2. The first-order chi connectivity index (χ1) is 18.6. The monoisotopic (exact) mass is 577 g/mol. The van der Waals surface area contributed by atoms with E-state index in [4.69, 9.17) is 31.1 Å². The van der Waals surface area contributed by atoms with E-state index in [1.165, 1.54) is 44.4 Å². The van der Waals surface area contributed by atoms with Crippen molar-refractivity contribution in [1.82, 2.24) is 4.57 Å². The summed E-state index contributed by atoms with van der Waals surface area (Å²) in [6, 6.07) is 10.9. The molecule has 0 aliphatic carbocycles. The van der Waals surface area contributed by atoms with Crippen LogP contribution >= 0.6 is 22.9 Å². The van der Waals surface area contributed by atoms with Crippen molar-refractivity contribution in [2.75, 3.05) is 20.3 Å². The number of nitriles is 1. The molecule has 0 saturated carbocycles. The molecule has 0 amide bonds. The van der Waals surface area contributed by atoms with Gasteiger partial charge >= 0.3 is 12.1 Å². The van der Waals surface area contributed by atoms with Gasteiger partial charge in [-0.25, -0.2) is 9.79 Å². The quantitative estimate of drug-likeness (QED) is 0.395. The molecule has 0 spiro atoms. The van der Waals surface area contributed by atoms with Gasteiger partial charge in [0.05, 0.1) is 29.9 Å². The summed E-state index contributed by atoms with van der Waals surface area (Å²) in [5, 5.41) is 9.26. The Hall–Kier alpha value is -4.08. The third-order valence-electron chi connectivity index (χ3n) is 5.58. The second-order valence-electron chi connectivity index (χ2n) is 7.94. The number of allylic oxidation sites excluding steroid dienone is 1. The highest BCUT2D eigenvalue weighted by Crippen LogP contribution is 2.38. The summed E-state index contributed by atoms with van der Waals surface area (Å²) in [7, 11) is 1.40. The number of hydrogen-bond donors (Lipinski definition) is 0. The summed E-state index contributed by atoms with van der Waals surface area (Å²) >= 11 is 6.69. The number of methoxy groups -OCH3 is 1. The molecule has 0 fully saturated rings. The third kappa shape index (κ3) is 5.55. The maximum Gasteiger partial charge on any atom is 0.434 e. The van der Waals surface area contributed by atoms with Crippen molar-refractivity contribution in [3.63, 3.8) is 0 Å². The van der Waals surface area contributed by atoms with Gasteiger partial charge in [0.1, 0.15) is 6.07 Å². The summed E-state index contributed by atoms with van der Waals surface area (Å²) < 4.78 is 59.4. The Balaban J connectivity index is 2.04. The molecule has 0 N–H and O–H groups in total. The lowest BCUT2D eigenvalue weighted by Crippen LogP contribution is -2.41. The minimum absolute atomic E-state index is 0.00871. The van der Waals surface area contributed by atoms with Gasteiger partial charge in [0.2, 0.25) is 0 Å². The second kappa shape index (κ2) is 11.3. The Morgan fingerprint density at radius 2 is 1.97 bits per heavy atom. The Kier molecular flexibility index (Phi) is 8.13. The van der Waals surface area contributed by atoms with E-state index < -0.39 is 35.0 Å². The number of ether oxygens (including phenoxy) is 3. The van der Waals surface area contributed by atoms with Crippen molar-refractivity contribution in [3.05, 3.63) is 89.6 Å². The topological polar surface area (TPSA) is 103 Å². The smallest absolute Gasteiger partial charge is 0.434 e. The van der Waals surface area contributed by atoms with Gasteiger partial charge < -0.3 is 14.2 Å². The molecular formula is C26H19ClF3N3O5S. The fraction of sp³-hybridized carbons (Fsp3) is 0.231. The number of para-hydroxylation sites is 1. The molecule has 1 aliphatic heterocycles. The Bertz CT molecular complexity index is 1670. The lowest BCUT2D eigenvalue weighted by molar-refractivity contribution is -0.140. The number of benzene rings is 2. The van der Waals surface area contributed by atoms with Crippen LogP contribution in [0.15, 0.2) is 63.5 Å². The lowest BCUT2D eigenvalue weighted by atomic mass is 9.95. The van der Waals surface area contributed by atoms with Crippen LogP contribution in [0.25, 0.3) is 6.08 Å². The van der Waals surface area contributed by atoms with Crippen molar-refractivity contribution < 1.29 is 32.2 Å². The number of thiazole rings is 1. The highest BCUT2D eigenvalue weighted by Gasteiger charge is 2.45. The molecule has 1 atom stereocenters. The Labute approximate surface area is 228 Å². The molecule has 0 saturated heterocycles. The zero-order valence-corrected chi connectivity index (χ0v) is 22.0. The van der Waals surface area contributed by atoms with Crippen molar-refractivity contribution in [3.8, 4) is 17.6 Å². The van der Waals surface area contributed by atoms with Crippen molar-refractivity contribution in [2.45, 2.75) is 19.1 Å². The SMILES string of the molecule is CCOC(=O)C1=C(C(F)(F)F)N=c2s/c(=C\c3cccc(OC)c3OCC#N)c(=O)n2[C@@H]1c1ccc(Cl)cc1. The van der Waals surface area contributed by atoms with Crippen molar-refractivity contribution in [1.29, 1.82) is 5.26 Å². The summed E-state index contributed by atoms with van der Waals surface area (Å²) in [5.41, 5.74) is -2.42. The number of hydrogen-bond acceptors (Lipinski definition) is 8. The Morgan fingerprint density at radius 1 is 1.26 bits per heavy atom. The van der Waals surface area contributed by atoms with Crippen LogP contribution in [0, 0.1) is 11.3 Å². The number of carbonyl (C=O) groups excluding carboxylic acids is 1. The van der Waals surface area contributed by atoms with E-state index in [-0.39, 0.29) is 39.6 Å². The zero-order chi connectivity index (χ0) is 28.3. The maximum absolute atomic E-state index is 14.2. The van der Waals surface area contributed by atoms with Gasteiger partial charge in [-0.3, -0.25) is 9.36 Å². The van der Waals surface area contributed by atoms with Crippen LogP contribution in [-0.2, 0) is 9.53 Å². The molecule has 0 bridgehead atoms. The first kappa shape index (κ1) is 27.9. The average molecular weight is 578 g/mol. The normalized spacial score (nSPS) is 15.3. The van der Waals surface area contributed by atoms with Gasteiger partial charge in [-0.15, -0.1) is 0 Å². The van der Waals surface area contributed by atoms with E-state index in [1.807, 2.05) is 6.07 Å². The molecule has 3 aromatic rings. The number of rotatable bonds is 7. The fourth-order valence-corrected chi connectivity index (χ4v) is 5.13. The number of esters is 1. The zero-order valence-electron chi connectivity index (χ0n) is 20.4. The average Bonchev–Trinajstić information content (AvgIpc) is 3.21. The van der Waals surface area contributed by atoms with Crippen LogP contribution in [0.1, 0.15) is 24.1 Å². The number of halogens is 4. The minimum Gasteiger partial charge on any atom is -0.493 e. The van der Waals surface area contributed by atoms with Gasteiger partial charge in [0.15, 0.2) is 28.6 Å². The summed E-state index contributed by atoms with van der Waals surface area (Å²) in [5.74, 6) is -0.789. The van der Waals surface area contributed by atoms with Gasteiger partial charge in [-0.05, 0) is 36.8 Å². The van der Waals surface area contributed by atoms with Crippen molar-refractivity contribution in [2.24, 2.45) is 4.99 Å². The van der Waals surface area contributed by atoms with Crippen LogP contribution in [-0.4, -0.2) is 37.0 Å². The van der Waals surface area contributed by atoms with Gasteiger partial charge in [0, 0.05) is 10.6 Å². The predicted octanol–water partition coefficient (Wildman–Crippen LogP) is 3.91. The largest absolute Gasteiger partial charge is 0.493 e. The summed E-state index contributed by atoms with van der Waals surface area (Å²) in [4.78, 5) is 30.0. The van der Waals surface area contributed by atoms with Crippen LogP contribution < -0.4 is 24.4 Å². The first-order valence-electron chi connectivity index (χ1n) is 11.3. The molecule has 1 aliphatic rings. The highest BCUT2D eigenvalue weighted by atomic mass is 35.5. The summed E-state index contributed by atoms with van der Waals surface area (Å²) in [6.07, 6.45) is -3.62. The number of fused-ring (bicyclic) bond motifs is 1. The first-order valence-corrected chi connectivity index (χ1v) is 12.5. The molecule has 1 aromatic heterocycles. The van der Waals surface area contributed by atoms with Crippen molar-refractivity contribution >= 4 is 35.0 Å². The Morgan fingerprint density at radius 3 is 2.59 bits per heavy atom. The molecular weight excluding hydrogens is 559 g/mol. The molecule has 0 radical (unpaired) electrons. The predicted molar refractivity (Wildman–Crippen MR) is 136 cm³/mol. The number of aromatic nitrogens is 1. The number of carbonyl (C=O) groups is 1. The molecule has 8 nitrogen and oxygen atoms in total. The molecule has 2 heterocycles. The standard InChI is InChI=1S/C26H19ClF3N3O5S/c1-3-37-24(35)19-20(14-7-9-16(27)10-8-14)33-23(34)18(39-25(33)32-22(19)26(28,29)30)13-15-5-4-6-17(36-2)21(15)38-12-11-31/h4-10,13,20H,3,12H2,1-2H3/b18-13-/t20-/m1/s1. The van der Waals surface area contributed by atoms with Gasteiger partial charge in [0.25, 0.3) is 5.56 Å². The van der Waals surface area contributed by atoms with E-state index in [0.29, 0.717) is 21.9 Å². The van der Waals surface area contributed by atoms with Crippen LogP contribution in [0.2, 0.25) is 5.02 Å². The van der Waals surface area contributed by atoms with Crippen LogP contribution in [0.3, 0.4) is 0 Å². The van der Waals surface area contributed by atoms with Gasteiger partial charge in [-0.1, -0.05) is 47.2 Å².